The quantitative estimate of drug-likeness (QED) is 0.628. The molecule has 0 bridgehead atoms. The number of nitrogens with one attached hydrogen (secondary N) is 1. The lowest BCUT2D eigenvalue weighted by molar-refractivity contribution is -0.116. The predicted molar refractivity (Wildman–Crippen MR) is 103 cm³/mol. The number of benzene rings is 2. The first-order valence-electron chi connectivity index (χ1n) is 8.08. The van der Waals surface area contributed by atoms with Crippen LogP contribution in [0.25, 0.3) is 17.4 Å². The molecule has 0 atom stereocenters. The summed E-state index contributed by atoms with van der Waals surface area (Å²) >= 11 is 5.89. The van der Waals surface area contributed by atoms with Crippen LogP contribution >= 0.6 is 11.6 Å². The lowest BCUT2D eigenvalue weighted by Crippen LogP contribution is -2.20. The summed E-state index contributed by atoms with van der Waals surface area (Å²) in [6.07, 6.45) is 3.09. The monoisotopic (exact) mass is 367 g/mol. The van der Waals surface area contributed by atoms with Crippen molar-refractivity contribution in [1.29, 1.82) is 0 Å². The number of ether oxygens (including phenoxy) is 1. The lowest BCUT2D eigenvalue weighted by atomic mass is 10.2. The number of carbonyl (C=O) groups excluding carboxylic acids is 1. The minimum atomic E-state index is -0.190. The van der Waals surface area contributed by atoms with Gasteiger partial charge in [-0.25, -0.2) is 0 Å². The van der Waals surface area contributed by atoms with E-state index in [1.807, 2.05) is 60.7 Å². The number of furan rings is 1. The maximum atomic E-state index is 11.9. The molecule has 1 aromatic heterocycles. The second kappa shape index (κ2) is 8.41. The SMILES string of the molecule is COc1ccc(CNC(=O)/C=C/c2ccc(-c3ccc(Cl)cc3)o2)cc1. The first-order chi connectivity index (χ1) is 12.6. The molecule has 5 heteroatoms. The summed E-state index contributed by atoms with van der Waals surface area (Å²) in [6.45, 7) is 0.446. The smallest absolute Gasteiger partial charge is 0.244 e. The van der Waals surface area contributed by atoms with Crippen molar-refractivity contribution in [2.45, 2.75) is 6.54 Å². The Bertz CT molecular complexity index is 896. The van der Waals surface area contributed by atoms with Crippen LogP contribution in [-0.2, 0) is 11.3 Å². The first-order valence-corrected chi connectivity index (χ1v) is 8.46. The Kier molecular flexibility index (Phi) is 5.77. The van der Waals surface area contributed by atoms with Crippen molar-refractivity contribution in [2.75, 3.05) is 7.11 Å². The van der Waals surface area contributed by atoms with E-state index in [0.29, 0.717) is 17.3 Å². The van der Waals surface area contributed by atoms with Crippen molar-refractivity contribution in [3.63, 3.8) is 0 Å². The van der Waals surface area contributed by atoms with Crippen LogP contribution in [0.1, 0.15) is 11.3 Å². The van der Waals surface area contributed by atoms with E-state index in [2.05, 4.69) is 5.32 Å². The van der Waals surface area contributed by atoms with E-state index in [0.717, 1.165) is 22.6 Å². The largest absolute Gasteiger partial charge is 0.497 e. The summed E-state index contributed by atoms with van der Waals surface area (Å²) in [7, 11) is 1.62. The van der Waals surface area contributed by atoms with E-state index in [1.54, 1.807) is 13.2 Å². The van der Waals surface area contributed by atoms with Crippen LogP contribution < -0.4 is 10.1 Å². The normalized spacial score (nSPS) is 10.8. The number of amides is 1. The van der Waals surface area contributed by atoms with E-state index in [-0.39, 0.29) is 5.91 Å². The molecule has 0 spiro atoms. The van der Waals surface area contributed by atoms with Crippen LogP contribution in [0.3, 0.4) is 0 Å². The van der Waals surface area contributed by atoms with Gasteiger partial charge in [0.1, 0.15) is 17.3 Å². The molecule has 0 aliphatic carbocycles. The summed E-state index contributed by atoms with van der Waals surface area (Å²) in [6, 6.07) is 18.6. The van der Waals surface area contributed by atoms with Gasteiger partial charge < -0.3 is 14.5 Å². The second-order valence-electron chi connectivity index (χ2n) is 5.61. The zero-order valence-corrected chi connectivity index (χ0v) is 15.0. The van der Waals surface area contributed by atoms with Crippen molar-refractivity contribution < 1.29 is 13.9 Å². The van der Waals surface area contributed by atoms with Crippen molar-refractivity contribution in [1.82, 2.24) is 5.32 Å². The molecule has 0 radical (unpaired) electrons. The summed E-state index contributed by atoms with van der Waals surface area (Å²) in [5, 5.41) is 3.50. The number of carbonyl (C=O) groups is 1. The fraction of sp³-hybridized carbons (Fsp3) is 0.0952. The zero-order chi connectivity index (χ0) is 18.4. The molecule has 26 heavy (non-hydrogen) atoms. The van der Waals surface area contributed by atoms with Gasteiger partial charge in [-0.2, -0.15) is 0 Å². The molecule has 0 aliphatic heterocycles. The molecule has 0 aliphatic rings. The zero-order valence-electron chi connectivity index (χ0n) is 14.2. The van der Waals surface area contributed by atoms with E-state index >= 15 is 0 Å². The molecular formula is C21H18ClNO3. The van der Waals surface area contributed by atoms with Crippen molar-refractivity contribution in [3.8, 4) is 17.1 Å². The van der Waals surface area contributed by atoms with Gasteiger partial charge in [-0.3, -0.25) is 4.79 Å². The Morgan fingerprint density at radius 2 is 1.81 bits per heavy atom. The second-order valence-corrected chi connectivity index (χ2v) is 6.04. The molecule has 3 rings (SSSR count). The Morgan fingerprint density at radius 3 is 2.50 bits per heavy atom. The highest BCUT2D eigenvalue weighted by Gasteiger charge is 2.04. The molecule has 3 aromatic rings. The number of halogens is 1. The van der Waals surface area contributed by atoms with Crippen LogP contribution in [0.4, 0.5) is 0 Å². The minimum absolute atomic E-state index is 0.190. The van der Waals surface area contributed by atoms with E-state index in [1.165, 1.54) is 6.08 Å². The summed E-state index contributed by atoms with van der Waals surface area (Å²) in [5.74, 6) is 1.93. The molecule has 0 saturated heterocycles. The maximum absolute atomic E-state index is 11.9. The first kappa shape index (κ1) is 17.8. The van der Waals surface area contributed by atoms with Gasteiger partial charge in [0.2, 0.25) is 5.91 Å². The fourth-order valence-electron chi connectivity index (χ4n) is 2.36. The van der Waals surface area contributed by atoms with Gasteiger partial charge in [0.25, 0.3) is 0 Å². The molecule has 1 amide bonds. The highest BCUT2D eigenvalue weighted by Crippen LogP contribution is 2.24. The van der Waals surface area contributed by atoms with E-state index < -0.39 is 0 Å². The number of hydrogen-bond donors (Lipinski definition) is 1. The highest BCUT2D eigenvalue weighted by atomic mass is 35.5. The van der Waals surface area contributed by atoms with Gasteiger partial charge in [-0.1, -0.05) is 23.7 Å². The number of hydrogen-bond acceptors (Lipinski definition) is 3. The minimum Gasteiger partial charge on any atom is -0.497 e. The van der Waals surface area contributed by atoms with Gasteiger partial charge in [0.05, 0.1) is 7.11 Å². The van der Waals surface area contributed by atoms with E-state index in [4.69, 9.17) is 20.8 Å². The standard InChI is InChI=1S/C21H18ClNO3/c1-25-18-8-2-15(3-9-18)14-23-21(24)13-11-19-10-12-20(26-19)16-4-6-17(22)7-5-16/h2-13H,14H2,1H3,(H,23,24)/b13-11+. The number of rotatable bonds is 6. The van der Waals surface area contributed by atoms with Gasteiger partial charge in [-0.15, -0.1) is 0 Å². The molecule has 0 saturated carbocycles. The Labute approximate surface area is 157 Å². The lowest BCUT2D eigenvalue weighted by Gasteiger charge is -2.04. The molecule has 1 heterocycles. The Morgan fingerprint density at radius 1 is 1.08 bits per heavy atom. The molecule has 132 valence electrons. The summed E-state index contributed by atoms with van der Waals surface area (Å²) in [5.41, 5.74) is 1.92. The van der Waals surface area contributed by atoms with Crippen LogP contribution in [0.5, 0.6) is 5.75 Å². The molecule has 0 unspecified atom stereocenters. The van der Waals surface area contributed by atoms with Crippen molar-refractivity contribution in [3.05, 3.63) is 83.1 Å². The van der Waals surface area contributed by atoms with Crippen molar-refractivity contribution >= 4 is 23.6 Å². The van der Waals surface area contributed by atoms with Gasteiger partial charge in [0, 0.05) is 23.2 Å². The predicted octanol–water partition coefficient (Wildman–Crippen LogP) is 4.94. The average molecular weight is 368 g/mol. The highest BCUT2D eigenvalue weighted by molar-refractivity contribution is 6.30. The van der Waals surface area contributed by atoms with Gasteiger partial charge >= 0.3 is 0 Å². The molecular weight excluding hydrogens is 350 g/mol. The fourth-order valence-corrected chi connectivity index (χ4v) is 2.49. The van der Waals surface area contributed by atoms with Crippen LogP contribution in [-0.4, -0.2) is 13.0 Å². The van der Waals surface area contributed by atoms with Gasteiger partial charge in [-0.05, 0) is 60.2 Å². The maximum Gasteiger partial charge on any atom is 0.244 e. The average Bonchev–Trinajstić information content (AvgIpc) is 3.14. The van der Waals surface area contributed by atoms with Crippen molar-refractivity contribution in [2.24, 2.45) is 0 Å². The van der Waals surface area contributed by atoms with Gasteiger partial charge in [0.15, 0.2) is 0 Å². The van der Waals surface area contributed by atoms with E-state index in [9.17, 15) is 4.79 Å². The van der Waals surface area contributed by atoms with Crippen LogP contribution in [0.15, 0.2) is 71.2 Å². The van der Waals surface area contributed by atoms with Crippen LogP contribution in [0.2, 0.25) is 5.02 Å². The Hall–Kier alpha value is -2.98. The molecule has 4 nitrogen and oxygen atoms in total. The Balaban J connectivity index is 1.55. The third-order valence-electron chi connectivity index (χ3n) is 3.78. The third kappa shape index (κ3) is 4.77. The molecule has 0 fully saturated rings. The topological polar surface area (TPSA) is 51.5 Å². The van der Waals surface area contributed by atoms with Crippen LogP contribution in [0, 0.1) is 0 Å². The summed E-state index contributed by atoms with van der Waals surface area (Å²) < 4.78 is 10.8. The summed E-state index contributed by atoms with van der Waals surface area (Å²) in [4.78, 5) is 11.9. The molecule has 1 N–H and O–H groups in total. The molecule has 2 aromatic carbocycles. The number of methoxy groups -OCH3 is 1. The third-order valence-corrected chi connectivity index (χ3v) is 4.03.